The van der Waals surface area contributed by atoms with Crippen LogP contribution in [-0.4, -0.2) is 31.9 Å². The summed E-state index contributed by atoms with van der Waals surface area (Å²) in [5.41, 5.74) is 1.40. The first-order chi connectivity index (χ1) is 9.69. The van der Waals surface area contributed by atoms with E-state index < -0.39 is 8.32 Å². The second kappa shape index (κ2) is 6.23. The molecule has 0 bridgehead atoms. The summed E-state index contributed by atoms with van der Waals surface area (Å²) in [5, 5.41) is 0.295. The molecule has 0 N–H and O–H groups in total. The smallest absolute Gasteiger partial charge is 0.192 e. The van der Waals surface area contributed by atoms with Crippen molar-refractivity contribution in [3.05, 3.63) is 35.9 Å². The molecule has 0 aliphatic carbocycles. The molecule has 0 aromatic heterocycles. The Hall–Kier alpha value is -0.643. The zero-order valence-corrected chi connectivity index (χ0v) is 15.5. The maximum absolute atomic E-state index is 6.60. The fourth-order valence-corrected chi connectivity index (χ4v) is 4.12. The number of hydrogen-bond donors (Lipinski definition) is 0. The van der Waals surface area contributed by atoms with E-state index >= 15 is 0 Å². The summed E-state index contributed by atoms with van der Waals surface area (Å²) < 4.78 is 6.60. The molecule has 3 heteroatoms. The van der Waals surface area contributed by atoms with Crippen molar-refractivity contribution >= 4 is 8.32 Å². The minimum atomic E-state index is -1.65. The molecule has 2 nitrogen and oxygen atoms in total. The molecule has 21 heavy (non-hydrogen) atoms. The number of nitrogens with zero attached hydrogens (tertiary/aromatic N) is 1. The monoisotopic (exact) mass is 305 g/mol. The summed E-state index contributed by atoms with van der Waals surface area (Å²) in [6.07, 6.45) is 1.57. The van der Waals surface area contributed by atoms with Gasteiger partial charge in [0.2, 0.25) is 0 Å². The van der Waals surface area contributed by atoms with Crippen LogP contribution in [-0.2, 0) is 11.0 Å². The highest BCUT2D eigenvalue weighted by atomic mass is 28.4. The Morgan fingerprint density at radius 3 is 2.38 bits per heavy atom. The molecule has 1 unspecified atom stereocenters. The van der Waals surface area contributed by atoms with Crippen molar-refractivity contribution < 1.29 is 4.43 Å². The topological polar surface area (TPSA) is 12.5 Å². The van der Waals surface area contributed by atoms with Crippen molar-refractivity contribution in [3.63, 3.8) is 0 Å². The molecular weight excluding hydrogens is 274 g/mol. The molecule has 1 heterocycles. The summed E-state index contributed by atoms with van der Waals surface area (Å²) in [7, 11) is -1.65. The lowest BCUT2D eigenvalue weighted by atomic mass is 10.2. The minimum absolute atomic E-state index is 0.295. The molecule has 0 saturated carbocycles. The number of rotatable bonds is 4. The van der Waals surface area contributed by atoms with Crippen molar-refractivity contribution in [2.24, 2.45) is 0 Å². The number of hydrogen-bond acceptors (Lipinski definition) is 2. The van der Waals surface area contributed by atoms with E-state index in [4.69, 9.17) is 4.43 Å². The zero-order chi connectivity index (χ0) is 15.7. The molecule has 118 valence electrons. The van der Waals surface area contributed by atoms with E-state index in [0.717, 1.165) is 13.1 Å². The number of benzene rings is 1. The molecule has 1 aromatic rings. The van der Waals surface area contributed by atoms with Gasteiger partial charge in [-0.05, 0) is 37.0 Å². The highest BCUT2D eigenvalue weighted by Gasteiger charge is 2.41. The SMILES string of the molecule is CC1C[C@@H](O[Si](C)(C)C(C)(C)C)CN1Cc1ccccc1. The quantitative estimate of drug-likeness (QED) is 0.749. The van der Waals surface area contributed by atoms with Gasteiger partial charge in [0.25, 0.3) is 0 Å². The Morgan fingerprint density at radius 1 is 1.19 bits per heavy atom. The highest BCUT2D eigenvalue weighted by Crippen LogP contribution is 2.38. The van der Waals surface area contributed by atoms with Crippen LogP contribution < -0.4 is 0 Å². The van der Waals surface area contributed by atoms with Crippen molar-refractivity contribution in [1.29, 1.82) is 0 Å². The van der Waals surface area contributed by atoms with E-state index in [-0.39, 0.29) is 0 Å². The molecule has 0 spiro atoms. The molecule has 1 aromatic carbocycles. The standard InChI is InChI=1S/C18H31NOSi/c1-15-12-17(20-21(5,6)18(2,3)4)14-19(15)13-16-10-8-7-9-11-16/h7-11,15,17H,12-14H2,1-6H3/t15?,17-/m1/s1. The summed E-state index contributed by atoms with van der Waals surface area (Å²) >= 11 is 0. The van der Waals surface area contributed by atoms with Gasteiger partial charge in [-0.15, -0.1) is 0 Å². The van der Waals surface area contributed by atoms with E-state index in [9.17, 15) is 0 Å². The van der Waals surface area contributed by atoms with Gasteiger partial charge in [0.05, 0.1) is 6.10 Å². The van der Waals surface area contributed by atoms with Gasteiger partial charge in [-0.25, -0.2) is 0 Å². The van der Waals surface area contributed by atoms with E-state index in [1.54, 1.807) is 0 Å². The van der Waals surface area contributed by atoms with E-state index in [1.807, 2.05) is 0 Å². The highest BCUT2D eigenvalue weighted by molar-refractivity contribution is 6.74. The van der Waals surface area contributed by atoms with Crippen LogP contribution in [0.5, 0.6) is 0 Å². The Labute approximate surface area is 131 Å². The predicted molar refractivity (Wildman–Crippen MR) is 93.0 cm³/mol. The zero-order valence-electron chi connectivity index (χ0n) is 14.5. The summed E-state index contributed by atoms with van der Waals surface area (Å²) in [6, 6.07) is 11.4. The van der Waals surface area contributed by atoms with Gasteiger partial charge in [0.1, 0.15) is 0 Å². The first-order valence-electron chi connectivity index (χ1n) is 8.15. The lowest BCUT2D eigenvalue weighted by Crippen LogP contribution is -2.44. The summed E-state index contributed by atoms with van der Waals surface area (Å²) in [4.78, 5) is 2.56. The third kappa shape index (κ3) is 4.18. The van der Waals surface area contributed by atoms with Crippen molar-refractivity contribution in [2.75, 3.05) is 6.54 Å². The molecule has 1 saturated heterocycles. The molecule has 2 rings (SSSR count). The lowest BCUT2D eigenvalue weighted by molar-refractivity contribution is 0.178. The summed E-state index contributed by atoms with van der Waals surface area (Å²) in [6.45, 7) is 16.1. The molecule has 1 aliphatic rings. The number of likely N-dealkylation sites (tertiary alicyclic amines) is 1. The van der Waals surface area contributed by atoms with Gasteiger partial charge in [0.15, 0.2) is 8.32 Å². The van der Waals surface area contributed by atoms with Crippen LogP contribution in [0, 0.1) is 0 Å². The van der Waals surface area contributed by atoms with Crippen molar-refractivity contribution in [3.8, 4) is 0 Å². The maximum Gasteiger partial charge on any atom is 0.192 e. The van der Waals surface area contributed by atoms with Crippen molar-refractivity contribution in [1.82, 2.24) is 4.90 Å². The molecular formula is C18H31NOSi. The van der Waals surface area contributed by atoms with E-state index in [2.05, 4.69) is 76.0 Å². The second-order valence-corrected chi connectivity index (χ2v) is 12.8. The van der Waals surface area contributed by atoms with Gasteiger partial charge in [-0.1, -0.05) is 51.1 Å². The fourth-order valence-electron chi connectivity index (χ4n) is 2.76. The van der Waals surface area contributed by atoms with Crippen LogP contribution >= 0.6 is 0 Å². The fraction of sp³-hybridized carbons (Fsp3) is 0.667. The molecule has 0 radical (unpaired) electrons. The molecule has 2 atom stereocenters. The first kappa shape index (κ1) is 16.7. The largest absolute Gasteiger partial charge is 0.413 e. The predicted octanol–water partition coefficient (Wildman–Crippen LogP) is 4.67. The van der Waals surface area contributed by atoms with Gasteiger partial charge in [-0.3, -0.25) is 4.90 Å². The van der Waals surface area contributed by atoms with E-state index in [0.29, 0.717) is 17.2 Å². The van der Waals surface area contributed by atoms with Crippen LogP contribution in [0.15, 0.2) is 30.3 Å². The van der Waals surface area contributed by atoms with Gasteiger partial charge in [0, 0.05) is 19.1 Å². The Bertz CT molecular complexity index is 452. The normalized spacial score (nSPS) is 24.5. The Balaban J connectivity index is 1.95. The van der Waals surface area contributed by atoms with E-state index in [1.165, 1.54) is 12.0 Å². The van der Waals surface area contributed by atoms with Gasteiger partial charge >= 0.3 is 0 Å². The van der Waals surface area contributed by atoms with Crippen LogP contribution in [0.4, 0.5) is 0 Å². The third-order valence-electron chi connectivity index (χ3n) is 5.16. The average Bonchev–Trinajstić information content (AvgIpc) is 2.68. The Morgan fingerprint density at radius 2 is 1.81 bits per heavy atom. The second-order valence-electron chi connectivity index (χ2n) is 8.00. The van der Waals surface area contributed by atoms with Crippen LogP contribution in [0.3, 0.4) is 0 Å². The average molecular weight is 306 g/mol. The minimum Gasteiger partial charge on any atom is -0.413 e. The molecule has 1 fully saturated rings. The summed E-state index contributed by atoms with van der Waals surface area (Å²) in [5.74, 6) is 0. The molecule has 1 aliphatic heterocycles. The van der Waals surface area contributed by atoms with Gasteiger partial charge in [-0.2, -0.15) is 0 Å². The maximum atomic E-state index is 6.60. The van der Waals surface area contributed by atoms with Gasteiger partial charge < -0.3 is 4.43 Å². The van der Waals surface area contributed by atoms with Crippen LogP contribution in [0.25, 0.3) is 0 Å². The van der Waals surface area contributed by atoms with Crippen LogP contribution in [0.1, 0.15) is 39.7 Å². The van der Waals surface area contributed by atoms with Crippen LogP contribution in [0.2, 0.25) is 18.1 Å². The first-order valence-corrected chi connectivity index (χ1v) is 11.1. The lowest BCUT2D eigenvalue weighted by Gasteiger charge is -2.38. The molecule has 0 amide bonds. The third-order valence-corrected chi connectivity index (χ3v) is 9.70. The Kier molecular flexibility index (Phi) is 4.96. The van der Waals surface area contributed by atoms with Crippen molar-refractivity contribution in [2.45, 2.75) is 70.9 Å².